The summed E-state index contributed by atoms with van der Waals surface area (Å²) in [6, 6.07) is 1.07. The van der Waals surface area contributed by atoms with Gasteiger partial charge in [-0.3, -0.25) is 4.40 Å². The van der Waals surface area contributed by atoms with Crippen LogP contribution in [-0.2, 0) is 6.18 Å². The van der Waals surface area contributed by atoms with Crippen molar-refractivity contribution >= 4 is 27.5 Å². The van der Waals surface area contributed by atoms with E-state index in [2.05, 4.69) is 20.9 Å². The van der Waals surface area contributed by atoms with Crippen LogP contribution in [0.25, 0.3) is 5.65 Å². The van der Waals surface area contributed by atoms with Crippen molar-refractivity contribution in [1.29, 1.82) is 0 Å². The number of halogens is 4. The van der Waals surface area contributed by atoms with Crippen molar-refractivity contribution in [2.75, 3.05) is 0 Å². The smallest absolute Gasteiger partial charge is 0.419 e. The lowest BCUT2D eigenvalue weighted by atomic mass is 10.1. The van der Waals surface area contributed by atoms with E-state index in [1.165, 1.54) is 6.20 Å². The molecule has 106 valence electrons. The van der Waals surface area contributed by atoms with E-state index in [9.17, 15) is 18.0 Å². The van der Waals surface area contributed by atoms with Crippen molar-refractivity contribution in [2.45, 2.75) is 24.9 Å². The third-order valence-electron chi connectivity index (χ3n) is 3.24. The number of carboxylic acid groups (broad SMARTS) is 1. The fraction of sp³-hybridized carbons (Fsp3) is 0.333. The fourth-order valence-electron chi connectivity index (χ4n) is 2.12. The maximum atomic E-state index is 13.1. The molecule has 0 unspecified atom stereocenters. The molecule has 0 radical (unpaired) electrons. The largest absolute Gasteiger partial charge is 0.476 e. The second-order valence-electron chi connectivity index (χ2n) is 4.71. The molecule has 4 nitrogen and oxygen atoms in total. The average molecular weight is 349 g/mol. The number of hydrogen-bond acceptors (Lipinski definition) is 2. The van der Waals surface area contributed by atoms with Gasteiger partial charge in [-0.15, -0.1) is 0 Å². The van der Waals surface area contributed by atoms with Gasteiger partial charge >= 0.3 is 12.1 Å². The Kier molecular flexibility index (Phi) is 2.82. The molecule has 8 heteroatoms. The Morgan fingerprint density at radius 2 is 2.10 bits per heavy atom. The summed E-state index contributed by atoms with van der Waals surface area (Å²) in [6.45, 7) is 0. The molecule has 1 saturated carbocycles. The van der Waals surface area contributed by atoms with Gasteiger partial charge in [0.25, 0.3) is 0 Å². The Morgan fingerprint density at radius 1 is 1.45 bits per heavy atom. The van der Waals surface area contributed by atoms with Gasteiger partial charge in [0, 0.05) is 6.20 Å². The summed E-state index contributed by atoms with van der Waals surface area (Å²) < 4.78 is 40.5. The molecule has 2 heterocycles. The zero-order valence-corrected chi connectivity index (χ0v) is 11.5. The van der Waals surface area contributed by atoms with Gasteiger partial charge in [-0.05, 0) is 46.3 Å². The predicted octanol–water partition coefficient (Wildman–Crippen LogP) is 3.69. The number of fused-ring (bicyclic) bond motifs is 1. The molecule has 3 rings (SSSR count). The van der Waals surface area contributed by atoms with Crippen LogP contribution < -0.4 is 0 Å². The molecular weight excluding hydrogens is 341 g/mol. The molecule has 0 saturated heterocycles. The van der Waals surface area contributed by atoms with E-state index >= 15 is 0 Å². The summed E-state index contributed by atoms with van der Waals surface area (Å²) in [5, 5.41) is 8.96. The first-order valence-corrected chi connectivity index (χ1v) is 6.60. The van der Waals surface area contributed by atoms with E-state index in [0.717, 1.165) is 23.3 Å². The Bertz CT molecular complexity index is 720. The number of alkyl halides is 3. The minimum absolute atomic E-state index is 0.0213. The second kappa shape index (κ2) is 4.21. The first-order chi connectivity index (χ1) is 9.29. The number of hydrogen-bond donors (Lipinski definition) is 1. The van der Waals surface area contributed by atoms with E-state index in [-0.39, 0.29) is 10.5 Å². The van der Waals surface area contributed by atoms with Gasteiger partial charge in [-0.25, -0.2) is 9.78 Å². The summed E-state index contributed by atoms with van der Waals surface area (Å²) in [4.78, 5) is 14.6. The number of aromatic nitrogens is 2. The van der Waals surface area contributed by atoms with Crippen LogP contribution in [0.5, 0.6) is 0 Å². The van der Waals surface area contributed by atoms with Gasteiger partial charge in [0.2, 0.25) is 0 Å². The van der Waals surface area contributed by atoms with Crippen molar-refractivity contribution in [3.05, 3.63) is 33.7 Å². The number of carboxylic acids is 1. The van der Waals surface area contributed by atoms with Crippen LogP contribution in [0.1, 0.15) is 40.4 Å². The summed E-state index contributed by atoms with van der Waals surface area (Å²) in [5.74, 6) is -1.26. The van der Waals surface area contributed by atoms with Gasteiger partial charge in [0.1, 0.15) is 4.60 Å². The van der Waals surface area contributed by atoms with Crippen LogP contribution in [0.15, 0.2) is 16.9 Å². The Morgan fingerprint density at radius 3 is 2.60 bits per heavy atom. The van der Waals surface area contributed by atoms with E-state index in [1.807, 2.05) is 0 Å². The van der Waals surface area contributed by atoms with Crippen LogP contribution in [0.3, 0.4) is 0 Å². The van der Waals surface area contributed by atoms with Crippen molar-refractivity contribution < 1.29 is 23.1 Å². The number of imidazole rings is 1. The van der Waals surface area contributed by atoms with Crippen LogP contribution in [0.4, 0.5) is 13.2 Å². The lowest BCUT2D eigenvalue weighted by Gasteiger charge is -2.10. The van der Waals surface area contributed by atoms with Crippen LogP contribution in [0, 0.1) is 0 Å². The highest BCUT2D eigenvalue weighted by Gasteiger charge is 2.37. The number of pyridine rings is 1. The van der Waals surface area contributed by atoms with Crippen molar-refractivity contribution in [3.63, 3.8) is 0 Å². The van der Waals surface area contributed by atoms with Crippen LogP contribution in [-0.4, -0.2) is 20.5 Å². The molecule has 0 aromatic carbocycles. The van der Waals surface area contributed by atoms with Gasteiger partial charge in [0.15, 0.2) is 11.3 Å². The average Bonchev–Trinajstić information content (AvgIpc) is 3.12. The van der Waals surface area contributed by atoms with Crippen molar-refractivity contribution in [1.82, 2.24) is 9.38 Å². The molecule has 1 aliphatic carbocycles. The Labute approximate surface area is 119 Å². The van der Waals surface area contributed by atoms with Crippen molar-refractivity contribution in [3.8, 4) is 0 Å². The number of carbonyl (C=O) groups is 1. The summed E-state index contributed by atoms with van der Waals surface area (Å²) in [7, 11) is 0. The molecule has 0 bridgehead atoms. The first kappa shape index (κ1) is 13.4. The number of aromatic carboxylic acids is 1. The molecule has 0 spiro atoms. The standard InChI is InChI=1S/C12H8BrF3N2O2/c13-9-8(11(19)20)17-10-7(12(14,15)16)3-6(4-18(9)10)5-1-2-5/h3-5H,1-2H2,(H,19,20). The molecule has 2 aromatic rings. The molecule has 1 aliphatic rings. The second-order valence-corrected chi connectivity index (χ2v) is 5.46. The zero-order valence-electron chi connectivity index (χ0n) is 9.91. The fourth-order valence-corrected chi connectivity index (χ4v) is 2.65. The highest BCUT2D eigenvalue weighted by Crippen LogP contribution is 2.43. The highest BCUT2D eigenvalue weighted by atomic mass is 79.9. The topological polar surface area (TPSA) is 54.6 Å². The molecule has 2 aromatic heterocycles. The van der Waals surface area contributed by atoms with Gasteiger partial charge < -0.3 is 5.11 Å². The van der Waals surface area contributed by atoms with Crippen LogP contribution >= 0.6 is 15.9 Å². The van der Waals surface area contributed by atoms with Gasteiger partial charge in [-0.2, -0.15) is 13.2 Å². The van der Waals surface area contributed by atoms with Gasteiger partial charge in [0.05, 0.1) is 5.56 Å². The molecule has 0 atom stereocenters. The minimum atomic E-state index is -4.58. The van der Waals surface area contributed by atoms with Crippen molar-refractivity contribution in [2.24, 2.45) is 0 Å². The molecule has 20 heavy (non-hydrogen) atoms. The Balaban J connectivity index is 2.34. The summed E-state index contributed by atoms with van der Waals surface area (Å²) >= 11 is 3.01. The Hall–Kier alpha value is -1.57. The third-order valence-corrected chi connectivity index (χ3v) is 4.00. The summed E-state index contributed by atoms with van der Waals surface area (Å²) in [5.41, 5.74) is -1.18. The van der Waals surface area contributed by atoms with Crippen LogP contribution in [0.2, 0.25) is 0 Å². The number of nitrogens with zero attached hydrogens (tertiary/aromatic N) is 2. The van der Waals surface area contributed by atoms with E-state index in [0.29, 0.717) is 5.56 Å². The normalized spacial score (nSPS) is 15.8. The van der Waals surface area contributed by atoms with E-state index in [1.54, 1.807) is 0 Å². The molecule has 1 fully saturated rings. The third kappa shape index (κ3) is 2.07. The zero-order chi connectivity index (χ0) is 14.7. The summed E-state index contributed by atoms with van der Waals surface area (Å²) in [6.07, 6.45) is -1.36. The van der Waals surface area contributed by atoms with E-state index in [4.69, 9.17) is 5.11 Å². The first-order valence-electron chi connectivity index (χ1n) is 5.81. The maximum absolute atomic E-state index is 13.1. The molecule has 0 amide bonds. The minimum Gasteiger partial charge on any atom is -0.476 e. The number of rotatable bonds is 2. The molecule has 0 aliphatic heterocycles. The maximum Gasteiger partial charge on any atom is 0.419 e. The van der Waals surface area contributed by atoms with Gasteiger partial charge in [-0.1, -0.05) is 0 Å². The quantitative estimate of drug-likeness (QED) is 0.900. The lowest BCUT2D eigenvalue weighted by molar-refractivity contribution is -0.136. The highest BCUT2D eigenvalue weighted by molar-refractivity contribution is 9.10. The monoisotopic (exact) mass is 348 g/mol. The lowest BCUT2D eigenvalue weighted by Crippen LogP contribution is -2.09. The predicted molar refractivity (Wildman–Crippen MR) is 66.8 cm³/mol. The molecular formula is C12H8BrF3N2O2. The van der Waals surface area contributed by atoms with E-state index < -0.39 is 29.1 Å². The molecule has 1 N–H and O–H groups in total. The SMILES string of the molecule is O=C(O)c1nc2c(C(F)(F)F)cc(C3CC3)cn2c1Br.